The van der Waals surface area contributed by atoms with Crippen molar-refractivity contribution in [2.45, 2.75) is 25.8 Å². The van der Waals surface area contributed by atoms with Crippen molar-refractivity contribution in [2.24, 2.45) is 0 Å². The quantitative estimate of drug-likeness (QED) is 0.501. The molecule has 1 saturated heterocycles. The highest BCUT2D eigenvalue weighted by atomic mass is 32.1. The highest BCUT2D eigenvalue weighted by molar-refractivity contribution is 7.13. The molecule has 4 heterocycles. The molecule has 0 aliphatic carbocycles. The molecule has 1 aromatic carbocycles. The van der Waals surface area contributed by atoms with Crippen LogP contribution in [0.3, 0.4) is 0 Å². The molecule has 1 aliphatic heterocycles. The lowest BCUT2D eigenvalue weighted by Gasteiger charge is -2.25. The van der Waals surface area contributed by atoms with E-state index >= 15 is 0 Å². The minimum atomic E-state index is -0.0406. The van der Waals surface area contributed by atoms with E-state index in [0.29, 0.717) is 5.56 Å². The second kappa shape index (κ2) is 7.84. The second-order valence-electron chi connectivity index (χ2n) is 7.42. The van der Waals surface area contributed by atoms with Gasteiger partial charge in [-0.1, -0.05) is 12.1 Å². The van der Waals surface area contributed by atoms with Crippen molar-refractivity contribution in [3.05, 3.63) is 77.2 Å². The summed E-state index contributed by atoms with van der Waals surface area (Å²) in [6.07, 6.45) is 5.40. The van der Waals surface area contributed by atoms with Gasteiger partial charge in [0.25, 0.3) is 5.91 Å². The van der Waals surface area contributed by atoms with E-state index in [1.165, 1.54) is 0 Å². The Bertz CT molecular complexity index is 1200. The van der Waals surface area contributed by atoms with Crippen LogP contribution in [0.2, 0.25) is 0 Å². The summed E-state index contributed by atoms with van der Waals surface area (Å²) in [5.41, 5.74) is 4.31. The average molecular weight is 416 g/mol. The highest BCUT2D eigenvalue weighted by Gasteiger charge is 2.32. The van der Waals surface area contributed by atoms with Crippen LogP contribution in [0.5, 0.6) is 0 Å². The van der Waals surface area contributed by atoms with Crippen molar-refractivity contribution in [3.8, 4) is 0 Å². The Labute approximate surface area is 178 Å². The lowest BCUT2D eigenvalue weighted by atomic mass is 10.1. The van der Waals surface area contributed by atoms with Crippen molar-refractivity contribution < 1.29 is 4.79 Å². The van der Waals surface area contributed by atoms with Crippen molar-refractivity contribution in [1.82, 2.24) is 19.9 Å². The Morgan fingerprint density at radius 2 is 2.10 bits per heavy atom. The molecule has 0 radical (unpaired) electrons. The molecule has 7 heteroatoms. The Kier molecular flexibility index (Phi) is 4.88. The monoisotopic (exact) mass is 415 g/mol. The van der Waals surface area contributed by atoms with Crippen LogP contribution in [-0.2, 0) is 0 Å². The fourth-order valence-electron chi connectivity index (χ4n) is 4.11. The summed E-state index contributed by atoms with van der Waals surface area (Å²) in [4.78, 5) is 28.9. The van der Waals surface area contributed by atoms with E-state index in [1.54, 1.807) is 23.7 Å². The number of nitrogens with zero attached hydrogens (tertiary/aromatic N) is 4. The van der Waals surface area contributed by atoms with E-state index in [4.69, 9.17) is 4.98 Å². The van der Waals surface area contributed by atoms with Gasteiger partial charge in [0.1, 0.15) is 0 Å². The third kappa shape index (κ3) is 3.52. The van der Waals surface area contributed by atoms with Gasteiger partial charge in [-0.3, -0.25) is 14.8 Å². The smallest absolute Gasteiger partial charge is 0.255 e. The number of rotatable bonds is 4. The summed E-state index contributed by atoms with van der Waals surface area (Å²) in [5, 5.41) is 7.01. The summed E-state index contributed by atoms with van der Waals surface area (Å²) < 4.78 is 0. The summed E-state index contributed by atoms with van der Waals surface area (Å²) in [6.45, 7) is 2.71. The summed E-state index contributed by atoms with van der Waals surface area (Å²) in [5.74, 6) is 0.0360. The van der Waals surface area contributed by atoms with Gasteiger partial charge in [-0.25, -0.2) is 4.98 Å². The third-order valence-electron chi connectivity index (χ3n) is 5.39. The van der Waals surface area contributed by atoms with Gasteiger partial charge in [0.05, 0.1) is 17.3 Å². The molecule has 1 fully saturated rings. The molecule has 1 N–H and O–H groups in total. The summed E-state index contributed by atoms with van der Waals surface area (Å²) >= 11 is 1.55. The molecule has 1 atom stereocenters. The lowest BCUT2D eigenvalue weighted by Crippen LogP contribution is -2.31. The zero-order chi connectivity index (χ0) is 20.5. The number of fused-ring (bicyclic) bond motifs is 1. The van der Waals surface area contributed by atoms with Gasteiger partial charge >= 0.3 is 0 Å². The molecule has 0 spiro atoms. The van der Waals surface area contributed by atoms with Crippen LogP contribution >= 0.6 is 11.3 Å². The molecule has 1 amide bonds. The first-order valence-corrected chi connectivity index (χ1v) is 10.9. The lowest BCUT2D eigenvalue weighted by molar-refractivity contribution is 0.0735. The first-order chi connectivity index (χ1) is 14.7. The molecule has 6 nitrogen and oxygen atoms in total. The van der Waals surface area contributed by atoms with Crippen LogP contribution in [0.15, 0.2) is 60.2 Å². The van der Waals surface area contributed by atoms with Gasteiger partial charge in [0.15, 0.2) is 5.13 Å². The van der Waals surface area contributed by atoms with Gasteiger partial charge in [-0.15, -0.1) is 11.3 Å². The number of hydrogen-bond acceptors (Lipinski definition) is 6. The molecule has 0 saturated carbocycles. The predicted molar refractivity (Wildman–Crippen MR) is 119 cm³/mol. The third-order valence-corrected chi connectivity index (χ3v) is 6.08. The molecule has 5 rings (SSSR count). The molecule has 1 aliphatic rings. The van der Waals surface area contributed by atoms with E-state index in [9.17, 15) is 4.79 Å². The van der Waals surface area contributed by atoms with Gasteiger partial charge in [0.2, 0.25) is 0 Å². The molecule has 4 aromatic rings. The maximum Gasteiger partial charge on any atom is 0.255 e. The van der Waals surface area contributed by atoms with E-state index in [0.717, 1.165) is 52.5 Å². The van der Waals surface area contributed by atoms with Gasteiger partial charge in [0, 0.05) is 46.6 Å². The number of carbonyl (C=O) groups excluding carboxylic acids is 1. The summed E-state index contributed by atoms with van der Waals surface area (Å²) in [6, 6.07) is 13.6. The number of aromatic nitrogens is 3. The SMILES string of the molecule is Cc1cc(Nc2nccs2)cc([C@H]2CCCN2C(=O)c2cccc3ncccc23)n1. The van der Waals surface area contributed by atoms with Crippen LogP contribution < -0.4 is 5.32 Å². The zero-order valence-electron chi connectivity index (χ0n) is 16.6. The van der Waals surface area contributed by atoms with E-state index in [2.05, 4.69) is 15.3 Å². The molecule has 3 aromatic heterocycles. The van der Waals surface area contributed by atoms with Crippen LogP contribution in [0, 0.1) is 6.92 Å². The second-order valence-corrected chi connectivity index (χ2v) is 8.31. The van der Waals surface area contributed by atoms with Crippen molar-refractivity contribution >= 4 is 39.0 Å². The van der Waals surface area contributed by atoms with Crippen LogP contribution in [0.25, 0.3) is 10.9 Å². The molecule has 0 unspecified atom stereocenters. The molecule has 150 valence electrons. The molecule has 0 bridgehead atoms. The van der Waals surface area contributed by atoms with Crippen LogP contribution in [-0.4, -0.2) is 32.3 Å². The fourth-order valence-corrected chi connectivity index (χ4v) is 4.66. The Morgan fingerprint density at radius 3 is 2.97 bits per heavy atom. The van der Waals surface area contributed by atoms with Gasteiger partial charge in [-0.05, 0) is 50.1 Å². The highest BCUT2D eigenvalue weighted by Crippen LogP contribution is 2.35. The molecular formula is C23H21N5OS. The predicted octanol–water partition coefficient (Wildman–Crippen LogP) is 5.12. The maximum absolute atomic E-state index is 13.5. The van der Waals surface area contributed by atoms with Crippen molar-refractivity contribution in [3.63, 3.8) is 0 Å². The maximum atomic E-state index is 13.5. The van der Waals surface area contributed by atoms with Gasteiger partial charge < -0.3 is 10.2 Å². The largest absolute Gasteiger partial charge is 0.331 e. The van der Waals surface area contributed by atoms with Crippen molar-refractivity contribution in [1.29, 1.82) is 0 Å². The molecule has 30 heavy (non-hydrogen) atoms. The normalized spacial score (nSPS) is 16.2. The number of carbonyl (C=O) groups is 1. The first-order valence-electron chi connectivity index (χ1n) is 9.99. The average Bonchev–Trinajstić information content (AvgIpc) is 3.44. The number of likely N-dealkylation sites (tertiary alicyclic amines) is 1. The number of amides is 1. The van der Waals surface area contributed by atoms with E-state index < -0.39 is 0 Å². The number of thiazole rings is 1. The van der Waals surface area contributed by atoms with Crippen LogP contribution in [0.4, 0.5) is 10.8 Å². The van der Waals surface area contributed by atoms with Crippen molar-refractivity contribution in [2.75, 3.05) is 11.9 Å². The number of benzene rings is 1. The molecular weight excluding hydrogens is 394 g/mol. The number of pyridine rings is 2. The zero-order valence-corrected chi connectivity index (χ0v) is 17.4. The fraction of sp³-hybridized carbons (Fsp3) is 0.217. The number of nitrogens with one attached hydrogen (secondary N) is 1. The minimum absolute atomic E-state index is 0.0360. The first kappa shape index (κ1) is 18.7. The van der Waals surface area contributed by atoms with E-state index in [-0.39, 0.29) is 11.9 Å². The minimum Gasteiger partial charge on any atom is -0.331 e. The van der Waals surface area contributed by atoms with Gasteiger partial charge in [-0.2, -0.15) is 0 Å². The number of hydrogen-bond donors (Lipinski definition) is 1. The Hall–Kier alpha value is -3.32. The van der Waals surface area contributed by atoms with E-state index in [1.807, 2.05) is 59.7 Å². The Balaban J connectivity index is 1.48. The number of aryl methyl sites for hydroxylation is 1. The standard InChI is InChI=1S/C23H21N5OS/c1-15-13-16(27-23-25-10-12-30-23)14-20(26-15)21-8-4-11-28(21)22(29)18-5-2-7-19-17(18)6-3-9-24-19/h2-3,5-7,9-10,12-14,21H,4,8,11H2,1H3,(H,25,26,27)/t21-/m1/s1. The van der Waals surface area contributed by atoms with Crippen LogP contribution in [0.1, 0.15) is 40.6 Å². The Morgan fingerprint density at radius 1 is 1.17 bits per heavy atom. The topological polar surface area (TPSA) is 71.0 Å². The summed E-state index contributed by atoms with van der Waals surface area (Å²) in [7, 11) is 0. The number of anilines is 2.